The normalized spacial score (nSPS) is 10.5. The van der Waals surface area contributed by atoms with Gasteiger partial charge in [0.1, 0.15) is 5.56 Å². The van der Waals surface area contributed by atoms with Crippen LogP contribution in [0.5, 0.6) is 0 Å². The zero-order chi connectivity index (χ0) is 13.2. The van der Waals surface area contributed by atoms with Crippen LogP contribution in [-0.4, -0.2) is 21.0 Å². The summed E-state index contributed by atoms with van der Waals surface area (Å²) in [5.41, 5.74) is -2.68. The number of hydrogen-bond donors (Lipinski definition) is 2. The number of aliphatic carboxylic acids is 1. The van der Waals surface area contributed by atoms with E-state index in [0.29, 0.717) is 6.07 Å². The number of pyridine rings is 1. The van der Waals surface area contributed by atoms with E-state index in [1.54, 1.807) is 4.98 Å². The van der Waals surface area contributed by atoms with Gasteiger partial charge in [-0.3, -0.25) is 9.59 Å². The molecule has 1 rings (SSSR count). The Kier molecular flexibility index (Phi) is 3.51. The number of nitrogens with one attached hydrogen (secondary N) is 1. The van der Waals surface area contributed by atoms with Gasteiger partial charge in [-0.05, 0) is 4.92 Å². The molecule has 0 aliphatic rings. The molecule has 0 saturated heterocycles. The van der Waals surface area contributed by atoms with Gasteiger partial charge in [0.2, 0.25) is 0 Å². The zero-order valence-electron chi connectivity index (χ0n) is 8.15. The molecule has 2 N–H and O–H groups in total. The van der Waals surface area contributed by atoms with Gasteiger partial charge in [0.05, 0.1) is 6.42 Å². The molecule has 0 unspecified atom stereocenters. The lowest BCUT2D eigenvalue weighted by Crippen LogP contribution is -2.18. The minimum absolute atomic E-state index is 0.454. The van der Waals surface area contributed by atoms with E-state index in [-0.39, 0.29) is 0 Å². The number of nitro groups is 1. The number of H-pyrrole nitrogens is 1. The average Bonchev–Trinajstić information content (AvgIpc) is 2.19. The number of nitrogens with zero attached hydrogens (tertiary/aromatic N) is 1. The highest BCUT2D eigenvalue weighted by molar-refractivity contribution is 5.71. The first-order chi connectivity index (χ1) is 7.82. The fourth-order valence-electron chi connectivity index (χ4n) is 1.19. The number of aromatic amines is 1. The largest absolute Gasteiger partial charge is 0.481 e. The Balaban J connectivity index is 3.44. The average molecular weight is 248 g/mol. The molecular weight excluding hydrogens is 242 g/mol. The molecule has 0 bridgehead atoms. The van der Waals surface area contributed by atoms with Crippen LogP contribution in [-0.2, 0) is 11.2 Å². The lowest BCUT2D eigenvalue weighted by molar-refractivity contribution is -0.390. The smallest absolute Gasteiger partial charge is 0.328 e. The summed E-state index contributed by atoms with van der Waals surface area (Å²) in [6, 6.07) is 0.454. The SMILES string of the molecule is O=C(O)Cc1c([N+](=O)[O-])[nH]c(C(F)F)cc1=O. The molecule has 0 aliphatic carbocycles. The third kappa shape index (κ3) is 2.83. The number of carbonyl (C=O) groups is 1. The van der Waals surface area contributed by atoms with Crippen molar-refractivity contribution in [3.8, 4) is 0 Å². The maximum absolute atomic E-state index is 12.3. The minimum Gasteiger partial charge on any atom is -0.481 e. The number of carboxylic acid groups (broad SMARTS) is 1. The molecule has 0 aromatic carbocycles. The van der Waals surface area contributed by atoms with Crippen LogP contribution in [0.15, 0.2) is 10.9 Å². The van der Waals surface area contributed by atoms with Crippen LogP contribution < -0.4 is 5.43 Å². The summed E-state index contributed by atoms with van der Waals surface area (Å²) in [5.74, 6) is -2.49. The second-order valence-corrected chi connectivity index (χ2v) is 3.04. The number of halogens is 2. The van der Waals surface area contributed by atoms with Crippen molar-refractivity contribution in [2.45, 2.75) is 12.8 Å². The lowest BCUT2D eigenvalue weighted by Gasteiger charge is -2.03. The quantitative estimate of drug-likeness (QED) is 0.605. The zero-order valence-corrected chi connectivity index (χ0v) is 8.15. The maximum Gasteiger partial charge on any atom is 0.328 e. The van der Waals surface area contributed by atoms with Crippen LogP contribution in [0.4, 0.5) is 14.6 Å². The first-order valence-electron chi connectivity index (χ1n) is 4.23. The van der Waals surface area contributed by atoms with E-state index >= 15 is 0 Å². The van der Waals surface area contributed by atoms with Crippen LogP contribution in [0.1, 0.15) is 17.7 Å². The summed E-state index contributed by atoms with van der Waals surface area (Å²) in [6.07, 6.45) is -3.99. The molecular formula is C8H6F2N2O5. The van der Waals surface area contributed by atoms with E-state index in [1.807, 2.05) is 0 Å². The third-order valence-corrected chi connectivity index (χ3v) is 1.88. The Labute approximate surface area is 91.8 Å². The minimum atomic E-state index is -3.08. The second-order valence-electron chi connectivity index (χ2n) is 3.04. The van der Waals surface area contributed by atoms with Gasteiger partial charge in [0, 0.05) is 6.07 Å². The summed E-state index contributed by atoms with van der Waals surface area (Å²) < 4.78 is 24.6. The van der Waals surface area contributed by atoms with Crippen LogP contribution >= 0.6 is 0 Å². The molecule has 0 atom stereocenters. The Bertz CT molecular complexity index is 525. The molecule has 92 valence electrons. The predicted molar refractivity (Wildman–Crippen MR) is 50.0 cm³/mol. The lowest BCUT2D eigenvalue weighted by atomic mass is 10.1. The molecule has 1 heterocycles. The van der Waals surface area contributed by atoms with Gasteiger partial charge in [-0.25, -0.2) is 13.8 Å². The van der Waals surface area contributed by atoms with E-state index < -0.39 is 46.2 Å². The standard InChI is InChI=1S/C8H6F2N2O5/c9-7(10)4-2-5(13)3(1-6(14)15)8(11-4)12(16)17/h2,7H,1H2,(H,11,13)(H,14,15). The molecule has 0 fully saturated rings. The van der Waals surface area contributed by atoms with Gasteiger partial charge in [-0.2, -0.15) is 0 Å². The van der Waals surface area contributed by atoms with E-state index in [2.05, 4.69) is 0 Å². The van der Waals surface area contributed by atoms with Crippen LogP contribution in [0.3, 0.4) is 0 Å². The molecule has 0 saturated carbocycles. The van der Waals surface area contributed by atoms with Crippen LogP contribution in [0.25, 0.3) is 0 Å². The van der Waals surface area contributed by atoms with Gasteiger partial charge in [-0.15, -0.1) is 0 Å². The fraction of sp³-hybridized carbons (Fsp3) is 0.250. The molecule has 7 nitrogen and oxygen atoms in total. The van der Waals surface area contributed by atoms with Crippen LogP contribution in [0, 0.1) is 10.1 Å². The van der Waals surface area contributed by atoms with Crippen molar-refractivity contribution in [1.82, 2.24) is 4.98 Å². The number of aromatic nitrogens is 1. The number of alkyl halides is 2. The highest BCUT2D eigenvalue weighted by Gasteiger charge is 2.24. The van der Waals surface area contributed by atoms with Gasteiger partial charge in [0.25, 0.3) is 6.43 Å². The van der Waals surface area contributed by atoms with Gasteiger partial charge in [0.15, 0.2) is 11.1 Å². The van der Waals surface area contributed by atoms with Crippen molar-refractivity contribution in [1.29, 1.82) is 0 Å². The van der Waals surface area contributed by atoms with Gasteiger partial charge >= 0.3 is 11.8 Å². The highest BCUT2D eigenvalue weighted by atomic mass is 19.3. The van der Waals surface area contributed by atoms with Crippen molar-refractivity contribution in [2.24, 2.45) is 0 Å². The molecule has 9 heteroatoms. The summed E-state index contributed by atoms with van der Waals surface area (Å²) in [4.78, 5) is 32.8. The molecule has 17 heavy (non-hydrogen) atoms. The molecule has 1 aromatic heterocycles. The summed E-state index contributed by atoms with van der Waals surface area (Å²) in [6.45, 7) is 0. The summed E-state index contributed by atoms with van der Waals surface area (Å²) in [5, 5.41) is 19.0. The monoisotopic (exact) mass is 248 g/mol. The first-order valence-corrected chi connectivity index (χ1v) is 4.23. The summed E-state index contributed by atoms with van der Waals surface area (Å²) >= 11 is 0. The van der Waals surface area contributed by atoms with Crippen molar-refractivity contribution >= 4 is 11.8 Å². The van der Waals surface area contributed by atoms with E-state index in [4.69, 9.17) is 5.11 Å². The molecule has 0 spiro atoms. The Morgan fingerprint density at radius 2 is 2.18 bits per heavy atom. The molecule has 0 amide bonds. The Morgan fingerprint density at radius 1 is 1.59 bits per heavy atom. The number of rotatable bonds is 4. The van der Waals surface area contributed by atoms with Gasteiger partial charge in [-0.1, -0.05) is 0 Å². The second kappa shape index (κ2) is 4.68. The number of hydrogen-bond acceptors (Lipinski definition) is 4. The molecule has 0 aliphatic heterocycles. The van der Waals surface area contributed by atoms with Gasteiger partial charge < -0.3 is 15.2 Å². The van der Waals surface area contributed by atoms with Crippen LogP contribution in [0.2, 0.25) is 0 Å². The van der Waals surface area contributed by atoms with Crippen molar-refractivity contribution < 1.29 is 23.6 Å². The predicted octanol–water partition coefficient (Wildman–Crippen LogP) is 0.848. The van der Waals surface area contributed by atoms with Crippen molar-refractivity contribution in [3.05, 3.63) is 37.7 Å². The highest BCUT2D eigenvalue weighted by Crippen LogP contribution is 2.20. The number of carboxylic acids is 1. The molecule has 0 radical (unpaired) electrons. The third-order valence-electron chi connectivity index (χ3n) is 1.88. The van der Waals surface area contributed by atoms with Crippen molar-refractivity contribution in [3.63, 3.8) is 0 Å². The Morgan fingerprint density at radius 3 is 2.59 bits per heavy atom. The van der Waals surface area contributed by atoms with E-state index in [1.165, 1.54) is 0 Å². The van der Waals surface area contributed by atoms with Crippen molar-refractivity contribution in [2.75, 3.05) is 0 Å². The topological polar surface area (TPSA) is 113 Å². The fourth-order valence-corrected chi connectivity index (χ4v) is 1.19. The first kappa shape index (κ1) is 12.7. The maximum atomic E-state index is 12.3. The van der Waals surface area contributed by atoms with E-state index in [9.17, 15) is 28.5 Å². The summed E-state index contributed by atoms with van der Waals surface area (Å²) in [7, 11) is 0. The van der Waals surface area contributed by atoms with E-state index in [0.717, 1.165) is 0 Å². The Hall–Kier alpha value is -2.32. The molecule has 1 aromatic rings.